The summed E-state index contributed by atoms with van der Waals surface area (Å²) in [5.74, 6) is 3.32. The zero-order valence-electron chi connectivity index (χ0n) is 14.7. The van der Waals surface area contributed by atoms with E-state index in [1.165, 1.54) is 6.42 Å². The Morgan fingerprint density at radius 3 is 2.50 bits per heavy atom. The minimum absolute atomic E-state index is 0.0529. The Kier molecular flexibility index (Phi) is 5.34. The van der Waals surface area contributed by atoms with Gasteiger partial charge in [-0.05, 0) is 38.3 Å². The lowest BCUT2D eigenvalue weighted by Gasteiger charge is -2.34. The van der Waals surface area contributed by atoms with Gasteiger partial charge >= 0.3 is 0 Å². The van der Waals surface area contributed by atoms with Crippen molar-refractivity contribution >= 4 is 10.0 Å². The first-order chi connectivity index (χ1) is 11.3. The summed E-state index contributed by atoms with van der Waals surface area (Å²) >= 11 is 0. The normalized spacial score (nSPS) is 31.3. The monoisotopic (exact) mass is 356 g/mol. The minimum atomic E-state index is -3.25. The van der Waals surface area contributed by atoms with E-state index < -0.39 is 10.0 Å². The van der Waals surface area contributed by atoms with Crippen LogP contribution in [0.1, 0.15) is 44.6 Å². The Morgan fingerprint density at radius 1 is 1.21 bits per heavy atom. The van der Waals surface area contributed by atoms with Crippen molar-refractivity contribution in [3.05, 3.63) is 23.7 Å². The maximum atomic E-state index is 12.4. The molecular formula is C17H28N2O4S. The van der Waals surface area contributed by atoms with Gasteiger partial charge in [0.2, 0.25) is 10.0 Å². The molecular weight excluding hydrogens is 328 g/mol. The summed E-state index contributed by atoms with van der Waals surface area (Å²) in [6.07, 6.45) is 1.10. The number of morpholine rings is 1. The van der Waals surface area contributed by atoms with Crippen LogP contribution in [0.4, 0.5) is 0 Å². The van der Waals surface area contributed by atoms with Gasteiger partial charge in [-0.3, -0.25) is 0 Å². The number of sulfonamides is 1. The number of nitrogens with zero attached hydrogens (tertiary/aromatic N) is 1. The molecule has 0 bridgehead atoms. The van der Waals surface area contributed by atoms with Gasteiger partial charge in [0, 0.05) is 25.6 Å². The molecule has 1 aliphatic carbocycles. The smallest absolute Gasteiger partial charge is 0.215 e. The first kappa shape index (κ1) is 17.9. The number of nitrogens with one attached hydrogen (secondary N) is 1. The van der Waals surface area contributed by atoms with E-state index in [0.717, 1.165) is 17.4 Å². The molecule has 4 atom stereocenters. The van der Waals surface area contributed by atoms with E-state index in [2.05, 4.69) is 12.2 Å². The summed E-state index contributed by atoms with van der Waals surface area (Å²) in [5.41, 5.74) is 0. The third-order valence-corrected chi connectivity index (χ3v) is 6.58. The van der Waals surface area contributed by atoms with Gasteiger partial charge in [-0.15, -0.1) is 0 Å². The lowest BCUT2D eigenvalue weighted by Crippen LogP contribution is -2.49. The molecule has 3 rings (SSSR count). The van der Waals surface area contributed by atoms with Crippen molar-refractivity contribution in [1.82, 2.24) is 9.62 Å². The van der Waals surface area contributed by atoms with E-state index in [9.17, 15) is 8.42 Å². The second kappa shape index (κ2) is 7.15. The van der Waals surface area contributed by atoms with Crippen molar-refractivity contribution in [2.75, 3.05) is 25.4 Å². The molecule has 2 aliphatic rings. The molecule has 1 saturated heterocycles. The summed E-state index contributed by atoms with van der Waals surface area (Å²) in [6, 6.07) is 4.02. The fourth-order valence-corrected chi connectivity index (χ4v) is 4.84. The highest BCUT2D eigenvalue weighted by Gasteiger charge is 2.36. The maximum Gasteiger partial charge on any atom is 0.215 e. The van der Waals surface area contributed by atoms with E-state index in [0.29, 0.717) is 32.1 Å². The molecule has 24 heavy (non-hydrogen) atoms. The average Bonchev–Trinajstić information content (AvgIpc) is 3.05. The maximum absolute atomic E-state index is 12.4. The Hall–Kier alpha value is -0.890. The minimum Gasteiger partial charge on any atom is -0.464 e. The van der Waals surface area contributed by atoms with Crippen molar-refractivity contribution in [1.29, 1.82) is 0 Å². The van der Waals surface area contributed by atoms with Crippen LogP contribution in [0.5, 0.6) is 0 Å². The fraction of sp³-hybridized carbons (Fsp3) is 0.765. The topological polar surface area (TPSA) is 71.8 Å². The molecule has 2 heterocycles. The third kappa shape index (κ3) is 4.39. The van der Waals surface area contributed by atoms with Crippen LogP contribution in [0.25, 0.3) is 0 Å². The molecule has 0 aromatic carbocycles. The Balaban J connectivity index is 1.43. The fourth-order valence-electron chi connectivity index (χ4n) is 3.31. The van der Waals surface area contributed by atoms with Crippen LogP contribution < -0.4 is 5.32 Å². The SMILES string of the molecule is C[C@@H]1CN(S(=O)(=O)CCNCc2ccc([C@@H]3C[C@H]3C)o2)C[C@@H](C)O1. The van der Waals surface area contributed by atoms with Gasteiger partial charge in [0.15, 0.2) is 0 Å². The molecule has 0 spiro atoms. The van der Waals surface area contributed by atoms with Gasteiger partial charge in [-0.2, -0.15) is 4.31 Å². The summed E-state index contributed by atoms with van der Waals surface area (Å²) in [5, 5.41) is 3.17. The molecule has 6 nitrogen and oxygen atoms in total. The van der Waals surface area contributed by atoms with Gasteiger partial charge in [-0.25, -0.2) is 8.42 Å². The van der Waals surface area contributed by atoms with Crippen LogP contribution in [0.2, 0.25) is 0 Å². The molecule has 2 fully saturated rings. The molecule has 7 heteroatoms. The van der Waals surface area contributed by atoms with Gasteiger partial charge in [0.05, 0.1) is 24.5 Å². The van der Waals surface area contributed by atoms with Gasteiger partial charge in [-0.1, -0.05) is 6.92 Å². The third-order valence-electron chi connectivity index (χ3n) is 4.77. The van der Waals surface area contributed by atoms with Crippen molar-refractivity contribution in [2.24, 2.45) is 5.92 Å². The standard InChI is InChI=1S/C17H28N2O4S/c1-12-8-16(12)17-5-4-15(23-17)9-18-6-7-24(20,21)19-10-13(2)22-14(3)11-19/h4-5,12-14,16,18H,6-11H2,1-3H3/t12-,13-,14-,16-/m1/s1. The first-order valence-electron chi connectivity index (χ1n) is 8.78. The molecule has 1 saturated carbocycles. The Bertz CT molecular complexity index is 647. The van der Waals surface area contributed by atoms with Crippen molar-refractivity contribution in [2.45, 2.75) is 51.9 Å². The van der Waals surface area contributed by atoms with E-state index in [4.69, 9.17) is 9.15 Å². The molecule has 1 N–H and O–H groups in total. The van der Waals surface area contributed by atoms with E-state index in [1.54, 1.807) is 4.31 Å². The van der Waals surface area contributed by atoms with Crippen LogP contribution in [0, 0.1) is 5.92 Å². The number of hydrogen-bond acceptors (Lipinski definition) is 5. The first-order valence-corrected chi connectivity index (χ1v) is 10.4. The van der Waals surface area contributed by atoms with Gasteiger partial charge in [0.1, 0.15) is 11.5 Å². The van der Waals surface area contributed by atoms with Crippen LogP contribution in [-0.4, -0.2) is 50.3 Å². The predicted octanol–water partition coefficient (Wildman–Crippen LogP) is 1.93. The highest BCUT2D eigenvalue weighted by molar-refractivity contribution is 7.89. The molecule has 0 unspecified atom stereocenters. The van der Waals surface area contributed by atoms with Gasteiger partial charge < -0.3 is 14.5 Å². The van der Waals surface area contributed by atoms with E-state index in [-0.39, 0.29) is 18.0 Å². The average molecular weight is 356 g/mol. The number of rotatable bonds is 7. The molecule has 1 aliphatic heterocycles. The zero-order chi connectivity index (χ0) is 17.3. The lowest BCUT2D eigenvalue weighted by molar-refractivity contribution is -0.0440. The molecule has 1 aromatic heterocycles. The van der Waals surface area contributed by atoms with Crippen LogP contribution in [0.15, 0.2) is 16.5 Å². The summed E-state index contributed by atoms with van der Waals surface area (Å²) < 4.78 is 37.8. The Labute approximate surface area is 144 Å². The number of furan rings is 1. The van der Waals surface area contributed by atoms with Crippen molar-refractivity contribution < 1.29 is 17.6 Å². The zero-order valence-corrected chi connectivity index (χ0v) is 15.5. The van der Waals surface area contributed by atoms with Crippen molar-refractivity contribution in [3.63, 3.8) is 0 Å². The van der Waals surface area contributed by atoms with Crippen LogP contribution in [0.3, 0.4) is 0 Å². The molecule has 0 radical (unpaired) electrons. The van der Waals surface area contributed by atoms with Gasteiger partial charge in [0.25, 0.3) is 0 Å². The lowest BCUT2D eigenvalue weighted by atomic mass is 10.3. The summed E-state index contributed by atoms with van der Waals surface area (Å²) in [7, 11) is -3.25. The quantitative estimate of drug-likeness (QED) is 0.756. The number of hydrogen-bond donors (Lipinski definition) is 1. The van der Waals surface area contributed by atoms with E-state index in [1.807, 2.05) is 26.0 Å². The summed E-state index contributed by atoms with van der Waals surface area (Å²) in [6.45, 7) is 7.90. The second-order valence-corrected chi connectivity index (χ2v) is 9.28. The highest BCUT2D eigenvalue weighted by atomic mass is 32.2. The molecule has 1 aromatic rings. The predicted molar refractivity (Wildman–Crippen MR) is 92.3 cm³/mol. The van der Waals surface area contributed by atoms with Crippen molar-refractivity contribution in [3.8, 4) is 0 Å². The van der Waals surface area contributed by atoms with E-state index >= 15 is 0 Å². The van der Waals surface area contributed by atoms with Crippen LogP contribution >= 0.6 is 0 Å². The summed E-state index contributed by atoms with van der Waals surface area (Å²) in [4.78, 5) is 0. The number of ether oxygens (including phenoxy) is 1. The molecule has 136 valence electrons. The Morgan fingerprint density at radius 2 is 1.88 bits per heavy atom. The largest absolute Gasteiger partial charge is 0.464 e. The highest BCUT2D eigenvalue weighted by Crippen LogP contribution is 2.47. The second-order valence-electron chi connectivity index (χ2n) is 7.19. The molecule has 0 amide bonds. The van der Waals surface area contributed by atoms with Crippen LogP contribution in [-0.2, 0) is 21.3 Å².